The van der Waals surface area contributed by atoms with Crippen LogP contribution in [-0.4, -0.2) is 24.0 Å². The number of ether oxygens (including phenoxy) is 2. The lowest BCUT2D eigenvalue weighted by molar-refractivity contribution is 0.0950. The lowest BCUT2D eigenvalue weighted by Crippen LogP contribution is -2.33. The van der Waals surface area contributed by atoms with Crippen LogP contribution in [-0.2, 0) is 19.4 Å². The van der Waals surface area contributed by atoms with Crippen LogP contribution < -0.4 is 9.47 Å². The van der Waals surface area contributed by atoms with Crippen molar-refractivity contribution in [2.45, 2.75) is 26.3 Å². The van der Waals surface area contributed by atoms with E-state index in [1.54, 1.807) is 6.07 Å². The first-order chi connectivity index (χ1) is 15.6. The van der Waals surface area contributed by atoms with Gasteiger partial charge in [0.25, 0.3) is 0 Å². The standard InChI is InChI=1S/C27H24ClNO3/c1-2-18-7-9-19(10-8-18)15-25-26(30)21-11-12-24-22(27(21)32-25)16-29(17-31-24)14-13-20-5-3-4-6-23(20)28/h3-12,15H,2,13-14,16-17H2,1H3/b25-15-. The van der Waals surface area contributed by atoms with Crippen LogP contribution in [0.3, 0.4) is 0 Å². The Morgan fingerprint density at radius 2 is 1.88 bits per heavy atom. The van der Waals surface area contributed by atoms with E-state index in [2.05, 4.69) is 24.0 Å². The molecule has 0 N–H and O–H groups in total. The van der Waals surface area contributed by atoms with Gasteiger partial charge in [-0.3, -0.25) is 9.69 Å². The molecule has 0 fully saturated rings. The molecule has 0 unspecified atom stereocenters. The zero-order valence-electron chi connectivity index (χ0n) is 17.9. The van der Waals surface area contributed by atoms with Gasteiger partial charge in [0, 0.05) is 18.1 Å². The van der Waals surface area contributed by atoms with E-state index < -0.39 is 0 Å². The summed E-state index contributed by atoms with van der Waals surface area (Å²) in [5.74, 6) is 1.66. The lowest BCUT2D eigenvalue weighted by atomic mass is 10.0. The smallest absolute Gasteiger partial charge is 0.231 e. The van der Waals surface area contributed by atoms with Crippen LogP contribution >= 0.6 is 11.6 Å². The van der Waals surface area contributed by atoms with E-state index >= 15 is 0 Å². The van der Waals surface area contributed by atoms with E-state index in [1.807, 2.05) is 48.5 Å². The van der Waals surface area contributed by atoms with Gasteiger partial charge in [0.05, 0.1) is 11.1 Å². The number of nitrogens with zero attached hydrogens (tertiary/aromatic N) is 1. The van der Waals surface area contributed by atoms with Crippen molar-refractivity contribution in [3.8, 4) is 11.5 Å². The number of benzene rings is 3. The monoisotopic (exact) mass is 445 g/mol. The minimum atomic E-state index is -0.0874. The van der Waals surface area contributed by atoms with Crippen LogP contribution in [0.4, 0.5) is 0 Å². The minimum absolute atomic E-state index is 0.0874. The van der Waals surface area contributed by atoms with Gasteiger partial charge >= 0.3 is 0 Å². The molecule has 0 atom stereocenters. The van der Waals surface area contributed by atoms with Gasteiger partial charge in [-0.05, 0) is 53.8 Å². The van der Waals surface area contributed by atoms with E-state index in [9.17, 15) is 4.79 Å². The molecule has 0 spiro atoms. The highest BCUT2D eigenvalue weighted by atomic mass is 35.5. The number of hydrogen-bond donors (Lipinski definition) is 0. The molecule has 0 bridgehead atoms. The highest BCUT2D eigenvalue weighted by Crippen LogP contribution is 2.42. The second-order valence-corrected chi connectivity index (χ2v) is 8.53. The summed E-state index contributed by atoms with van der Waals surface area (Å²) in [5, 5.41) is 0.780. The summed E-state index contributed by atoms with van der Waals surface area (Å²) in [4.78, 5) is 15.2. The number of carbonyl (C=O) groups is 1. The molecule has 5 rings (SSSR count). The predicted octanol–water partition coefficient (Wildman–Crippen LogP) is 5.91. The maximum atomic E-state index is 13.0. The highest BCUT2D eigenvalue weighted by Gasteiger charge is 2.33. The van der Waals surface area contributed by atoms with Crippen molar-refractivity contribution in [2.24, 2.45) is 0 Å². The van der Waals surface area contributed by atoms with Crippen molar-refractivity contribution in [1.82, 2.24) is 4.90 Å². The van der Waals surface area contributed by atoms with Gasteiger partial charge in [-0.1, -0.05) is 61.0 Å². The van der Waals surface area contributed by atoms with Gasteiger partial charge in [-0.25, -0.2) is 0 Å². The van der Waals surface area contributed by atoms with Crippen LogP contribution in [0.25, 0.3) is 6.08 Å². The van der Waals surface area contributed by atoms with Crippen molar-refractivity contribution in [2.75, 3.05) is 13.3 Å². The lowest BCUT2D eigenvalue weighted by Gasteiger charge is -2.29. The number of rotatable bonds is 5. The normalized spacial score (nSPS) is 16.4. The fourth-order valence-corrected chi connectivity index (χ4v) is 4.36. The molecule has 0 saturated carbocycles. The quantitative estimate of drug-likeness (QED) is 0.457. The molecule has 4 nitrogen and oxygen atoms in total. The van der Waals surface area contributed by atoms with Crippen molar-refractivity contribution in [3.63, 3.8) is 0 Å². The summed E-state index contributed by atoms with van der Waals surface area (Å²) in [7, 11) is 0. The largest absolute Gasteiger partial charge is 0.478 e. The Morgan fingerprint density at radius 1 is 1.06 bits per heavy atom. The number of halogens is 1. The van der Waals surface area contributed by atoms with E-state index in [4.69, 9.17) is 21.1 Å². The van der Waals surface area contributed by atoms with Crippen LogP contribution in [0, 0.1) is 0 Å². The van der Waals surface area contributed by atoms with Crippen LogP contribution in [0.5, 0.6) is 11.5 Å². The van der Waals surface area contributed by atoms with Gasteiger partial charge in [-0.15, -0.1) is 0 Å². The Kier molecular flexibility index (Phi) is 5.73. The fourth-order valence-electron chi connectivity index (χ4n) is 4.13. The van der Waals surface area contributed by atoms with Gasteiger partial charge in [0.1, 0.15) is 18.2 Å². The Labute approximate surface area is 193 Å². The van der Waals surface area contributed by atoms with Crippen LogP contribution in [0.1, 0.15) is 39.5 Å². The van der Waals surface area contributed by atoms with Crippen LogP contribution in [0.15, 0.2) is 66.4 Å². The van der Waals surface area contributed by atoms with Crippen molar-refractivity contribution in [1.29, 1.82) is 0 Å². The van der Waals surface area contributed by atoms with E-state index in [0.29, 0.717) is 30.3 Å². The molecule has 2 heterocycles. The summed E-state index contributed by atoms with van der Waals surface area (Å²) in [6.45, 7) is 4.08. The molecule has 5 heteroatoms. The number of ketones is 1. The maximum Gasteiger partial charge on any atom is 0.231 e. The molecule has 0 aromatic heterocycles. The third kappa shape index (κ3) is 4.04. The van der Waals surface area contributed by atoms with Crippen LogP contribution in [0.2, 0.25) is 5.02 Å². The molecule has 2 aliphatic rings. The zero-order chi connectivity index (χ0) is 22.1. The highest BCUT2D eigenvalue weighted by molar-refractivity contribution is 6.31. The van der Waals surface area contributed by atoms with Gasteiger partial charge in [0.2, 0.25) is 5.78 Å². The molecule has 32 heavy (non-hydrogen) atoms. The molecule has 0 aliphatic carbocycles. The predicted molar refractivity (Wildman–Crippen MR) is 126 cm³/mol. The summed E-state index contributed by atoms with van der Waals surface area (Å²) < 4.78 is 12.1. The molecule has 0 radical (unpaired) electrons. The first kappa shape index (κ1) is 20.8. The van der Waals surface area contributed by atoms with E-state index in [0.717, 1.165) is 46.8 Å². The van der Waals surface area contributed by atoms with E-state index in [-0.39, 0.29) is 5.78 Å². The number of Topliss-reactive ketones (excluding diaryl/α,β-unsaturated/α-hetero) is 1. The number of hydrogen-bond acceptors (Lipinski definition) is 4. The fraction of sp³-hybridized carbons (Fsp3) is 0.222. The molecule has 0 saturated heterocycles. The Morgan fingerprint density at radius 3 is 2.66 bits per heavy atom. The Bertz CT molecular complexity index is 1200. The van der Waals surface area contributed by atoms with Crippen molar-refractivity contribution >= 4 is 23.5 Å². The van der Waals surface area contributed by atoms with Crippen molar-refractivity contribution < 1.29 is 14.3 Å². The molecule has 3 aromatic carbocycles. The zero-order valence-corrected chi connectivity index (χ0v) is 18.7. The maximum absolute atomic E-state index is 13.0. The number of aryl methyl sites for hydroxylation is 1. The average molecular weight is 446 g/mol. The van der Waals surface area contributed by atoms with Gasteiger partial charge < -0.3 is 9.47 Å². The average Bonchev–Trinajstić information content (AvgIpc) is 3.14. The van der Waals surface area contributed by atoms with Gasteiger partial charge in [0.15, 0.2) is 5.76 Å². The molecular formula is C27H24ClNO3. The Balaban J connectivity index is 1.35. The molecule has 162 valence electrons. The SMILES string of the molecule is CCc1ccc(/C=C2\Oc3c(ccc4c3CN(CCc3ccccc3Cl)CO4)C2=O)cc1. The van der Waals surface area contributed by atoms with E-state index in [1.165, 1.54) is 5.56 Å². The number of allylic oxidation sites excluding steroid dienone is 1. The summed E-state index contributed by atoms with van der Waals surface area (Å²) >= 11 is 6.30. The van der Waals surface area contributed by atoms with Gasteiger partial charge in [-0.2, -0.15) is 0 Å². The number of carbonyl (C=O) groups excluding carboxylic acids is 1. The number of fused-ring (bicyclic) bond motifs is 3. The first-order valence-corrected chi connectivity index (χ1v) is 11.3. The third-order valence-electron chi connectivity index (χ3n) is 6.02. The molecule has 0 amide bonds. The molecule has 3 aromatic rings. The minimum Gasteiger partial charge on any atom is -0.478 e. The molecule has 2 aliphatic heterocycles. The summed E-state index contributed by atoms with van der Waals surface area (Å²) in [5.41, 5.74) is 4.84. The second-order valence-electron chi connectivity index (χ2n) is 8.12. The second kappa shape index (κ2) is 8.81. The summed E-state index contributed by atoms with van der Waals surface area (Å²) in [6.07, 6.45) is 3.62. The van der Waals surface area contributed by atoms with Crippen molar-refractivity contribution in [3.05, 3.63) is 99.3 Å². The topological polar surface area (TPSA) is 38.8 Å². The summed E-state index contributed by atoms with van der Waals surface area (Å²) in [6, 6.07) is 19.8. The Hall–Kier alpha value is -3.08. The third-order valence-corrected chi connectivity index (χ3v) is 6.39. The molecular weight excluding hydrogens is 422 g/mol. The first-order valence-electron chi connectivity index (χ1n) is 10.9.